The molecule has 2 saturated heterocycles. The highest BCUT2D eigenvalue weighted by Crippen LogP contribution is 2.35. The second-order valence-electron chi connectivity index (χ2n) is 7.92. The molecule has 2 atom stereocenters. The van der Waals surface area contributed by atoms with Crippen LogP contribution < -0.4 is 4.74 Å². The van der Waals surface area contributed by atoms with E-state index in [1.807, 2.05) is 17.0 Å². The highest BCUT2D eigenvalue weighted by molar-refractivity contribution is 5.77. The molecule has 2 aliphatic heterocycles. The first-order chi connectivity index (χ1) is 12.9. The van der Waals surface area contributed by atoms with Crippen LogP contribution in [0.1, 0.15) is 24.0 Å². The number of hydrogen-bond acceptors (Lipinski definition) is 5. The molecule has 2 fully saturated rings. The van der Waals surface area contributed by atoms with Crippen LogP contribution in [0.3, 0.4) is 0 Å². The minimum Gasteiger partial charge on any atom is -0.492 e. The van der Waals surface area contributed by atoms with Crippen molar-refractivity contribution in [2.24, 2.45) is 5.92 Å². The Balaban J connectivity index is 1.52. The summed E-state index contributed by atoms with van der Waals surface area (Å²) >= 11 is 0. The summed E-state index contributed by atoms with van der Waals surface area (Å²) in [6, 6.07) is 6.12. The van der Waals surface area contributed by atoms with Gasteiger partial charge in [0.15, 0.2) is 0 Å². The van der Waals surface area contributed by atoms with Crippen molar-refractivity contribution in [2.75, 3.05) is 53.0 Å². The molecule has 6 nitrogen and oxygen atoms in total. The monoisotopic (exact) mass is 376 g/mol. The van der Waals surface area contributed by atoms with E-state index in [4.69, 9.17) is 9.47 Å². The van der Waals surface area contributed by atoms with Crippen molar-refractivity contribution in [1.29, 1.82) is 0 Å². The lowest BCUT2D eigenvalue weighted by Crippen LogP contribution is -2.61. The first-order valence-corrected chi connectivity index (χ1v) is 9.83. The molecule has 2 aliphatic rings. The number of rotatable bonds is 6. The third-order valence-corrected chi connectivity index (χ3v) is 6.20. The fraction of sp³-hybridized carbons (Fsp3) is 0.667. The zero-order chi connectivity index (χ0) is 19.4. The molecule has 2 heterocycles. The number of ether oxygens (including phenoxy) is 2. The van der Waals surface area contributed by atoms with E-state index in [1.165, 1.54) is 18.2 Å². The Morgan fingerprint density at radius 2 is 2.04 bits per heavy atom. The Kier molecular flexibility index (Phi) is 6.40. The fourth-order valence-corrected chi connectivity index (χ4v) is 4.18. The number of benzene rings is 1. The van der Waals surface area contributed by atoms with Gasteiger partial charge in [0, 0.05) is 45.8 Å². The van der Waals surface area contributed by atoms with Gasteiger partial charge in [-0.2, -0.15) is 0 Å². The van der Waals surface area contributed by atoms with E-state index in [9.17, 15) is 9.90 Å². The third-order valence-electron chi connectivity index (χ3n) is 6.20. The molecule has 3 rings (SSSR count). The Morgan fingerprint density at radius 3 is 2.81 bits per heavy atom. The molecule has 0 saturated carbocycles. The molecule has 0 spiro atoms. The van der Waals surface area contributed by atoms with E-state index in [1.54, 1.807) is 0 Å². The van der Waals surface area contributed by atoms with Crippen molar-refractivity contribution < 1.29 is 19.4 Å². The minimum absolute atomic E-state index is 0.00919. The summed E-state index contributed by atoms with van der Waals surface area (Å²) in [6.45, 7) is 8.62. The second-order valence-corrected chi connectivity index (χ2v) is 7.92. The maximum atomic E-state index is 12.1. The quantitative estimate of drug-likeness (QED) is 0.817. The van der Waals surface area contributed by atoms with Crippen LogP contribution >= 0.6 is 0 Å². The maximum Gasteiger partial charge on any atom is 0.248 e. The zero-order valence-electron chi connectivity index (χ0n) is 16.7. The predicted molar refractivity (Wildman–Crippen MR) is 104 cm³/mol. The number of amides is 1. The average Bonchev–Trinajstić information content (AvgIpc) is 2.65. The van der Waals surface area contributed by atoms with Crippen LogP contribution in [0.25, 0.3) is 0 Å². The largest absolute Gasteiger partial charge is 0.492 e. The van der Waals surface area contributed by atoms with Crippen molar-refractivity contribution in [2.45, 2.75) is 32.3 Å². The maximum absolute atomic E-state index is 12.1. The number of piperidine rings is 2. The van der Waals surface area contributed by atoms with Gasteiger partial charge in [-0.3, -0.25) is 9.69 Å². The highest BCUT2D eigenvalue weighted by atomic mass is 16.5. The summed E-state index contributed by atoms with van der Waals surface area (Å²) in [4.78, 5) is 16.3. The highest BCUT2D eigenvalue weighted by Gasteiger charge is 2.45. The molecule has 1 aromatic rings. The molecule has 0 aliphatic carbocycles. The van der Waals surface area contributed by atoms with Crippen molar-refractivity contribution in [3.8, 4) is 5.75 Å². The lowest BCUT2D eigenvalue weighted by atomic mass is 9.75. The van der Waals surface area contributed by atoms with Gasteiger partial charge in [0.2, 0.25) is 5.91 Å². The molecule has 150 valence electrons. The molecular weight excluding hydrogens is 344 g/mol. The SMILES string of the molecule is COCC(=O)N1CC[C@@]2(O)CCN(CCOc3cccc(C)c3C)C[C@H]2C1. The van der Waals surface area contributed by atoms with Crippen LogP contribution in [-0.2, 0) is 9.53 Å². The normalized spacial score (nSPS) is 25.9. The number of aryl methyl sites for hydroxylation is 1. The third kappa shape index (κ3) is 4.62. The molecule has 0 radical (unpaired) electrons. The van der Waals surface area contributed by atoms with Crippen molar-refractivity contribution in [1.82, 2.24) is 9.80 Å². The number of methoxy groups -OCH3 is 1. The molecule has 0 aromatic heterocycles. The van der Waals surface area contributed by atoms with Gasteiger partial charge >= 0.3 is 0 Å². The Hall–Kier alpha value is -1.63. The van der Waals surface area contributed by atoms with Crippen molar-refractivity contribution in [3.05, 3.63) is 29.3 Å². The van der Waals surface area contributed by atoms with Crippen molar-refractivity contribution in [3.63, 3.8) is 0 Å². The summed E-state index contributed by atoms with van der Waals surface area (Å²) < 4.78 is 11.0. The summed E-state index contributed by atoms with van der Waals surface area (Å²) in [6.07, 6.45) is 1.41. The van der Waals surface area contributed by atoms with Crippen molar-refractivity contribution >= 4 is 5.91 Å². The van der Waals surface area contributed by atoms with Gasteiger partial charge in [-0.25, -0.2) is 0 Å². The first kappa shape index (κ1) is 20.1. The lowest BCUT2D eigenvalue weighted by molar-refractivity contribution is -0.150. The van der Waals surface area contributed by atoms with E-state index in [0.29, 0.717) is 26.1 Å². The number of likely N-dealkylation sites (tertiary alicyclic amines) is 2. The number of carbonyl (C=O) groups is 1. The predicted octanol–water partition coefficient (Wildman–Crippen LogP) is 1.61. The number of aliphatic hydroxyl groups is 1. The smallest absolute Gasteiger partial charge is 0.248 e. The zero-order valence-corrected chi connectivity index (χ0v) is 16.7. The lowest BCUT2D eigenvalue weighted by Gasteiger charge is -2.50. The van der Waals surface area contributed by atoms with Gasteiger partial charge in [-0.1, -0.05) is 12.1 Å². The molecule has 1 N–H and O–H groups in total. The number of hydrogen-bond donors (Lipinski definition) is 1. The molecule has 6 heteroatoms. The van der Waals surface area contributed by atoms with Gasteiger partial charge in [-0.05, 0) is 43.9 Å². The van der Waals surface area contributed by atoms with E-state index in [-0.39, 0.29) is 18.4 Å². The van der Waals surface area contributed by atoms with E-state index >= 15 is 0 Å². The summed E-state index contributed by atoms with van der Waals surface area (Å²) in [5, 5.41) is 11.0. The van der Waals surface area contributed by atoms with Crippen LogP contribution in [0.2, 0.25) is 0 Å². The summed E-state index contributed by atoms with van der Waals surface area (Å²) in [7, 11) is 1.54. The molecule has 0 unspecified atom stereocenters. The summed E-state index contributed by atoms with van der Waals surface area (Å²) in [5.74, 6) is 1.04. The molecule has 1 amide bonds. The molecule has 1 aromatic carbocycles. The van der Waals surface area contributed by atoms with Crippen LogP contribution in [0.4, 0.5) is 0 Å². The van der Waals surface area contributed by atoms with Crippen LogP contribution in [0.15, 0.2) is 18.2 Å². The number of fused-ring (bicyclic) bond motifs is 1. The van der Waals surface area contributed by atoms with Crippen LogP contribution in [0, 0.1) is 19.8 Å². The first-order valence-electron chi connectivity index (χ1n) is 9.83. The van der Waals surface area contributed by atoms with Gasteiger partial charge in [0.05, 0.1) is 5.60 Å². The standard InChI is InChI=1S/C21H32N2O4/c1-16-5-4-6-19(17(16)2)27-12-11-22-9-7-21(25)8-10-23(14-18(21)13-22)20(24)15-26-3/h4-6,18,25H,7-15H2,1-3H3/t18-,21-/m0/s1. The van der Waals surface area contributed by atoms with E-state index < -0.39 is 5.60 Å². The Morgan fingerprint density at radius 1 is 1.26 bits per heavy atom. The minimum atomic E-state index is -0.645. The molecule has 27 heavy (non-hydrogen) atoms. The Labute approximate surface area is 162 Å². The fourth-order valence-electron chi connectivity index (χ4n) is 4.18. The topological polar surface area (TPSA) is 62.2 Å². The average molecular weight is 376 g/mol. The number of nitrogens with zero attached hydrogens (tertiary/aromatic N) is 2. The van der Waals surface area contributed by atoms with E-state index in [0.717, 1.165) is 31.8 Å². The molecular formula is C21H32N2O4. The van der Waals surface area contributed by atoms with Gasteiger partial charge in [0.25, 0.3) is 0 Å². The second kappa shape index (κ2) is 8.59. The van der Waals surface area contributed by atoms with Gasteiger partial charge in [0.1, 0.15) is 19.0 Å². The number of carbonyl (C=O) groups excluding carboxylic acids is 1. The van der Waals surface area contributed by atoms with Gasteiger partial charge in [-0.15, -0.1) is 0 Å². The van der Waals surface area contributed by atoms with E-state index in [2.05, 4.69) is 24.8 Å². The van der Waals surface area contributed by atoms with Crippen LogP contribution in [-0.4, -0.2) is 79.5 Å². The Bertz CT molecular complexity index is 666. The molecule has 0 bridgehead atoms. The summed E-state index contributed by atoms with van der Waals surface area (Å²) in [5.41, 5.74) is 1.78. The van der Waals surface area contributed by atoms with Crippen LogP contribution in [0.5, 0.6) is 5.75 Å². The van der Waals surface area contributed by atoms with Gasteiger partial charge < -0.3 is 19.5 Å².